The number of hydrogen-bond donors (Lipinski definition) is 0. The van der Waals surface area contributed by atoms with Gasteiger partial charge in [-0.05, 0) is 73.8 Å². The van der Waals surface area contributed by atoms with Gasteiger partial charge in [-0.1, -0.05) is 6.07 Å². The maximum atomic E-state index is 12.7. The molecule has 0 unspecified atom stereocenters. The van der Waals surface area contributed by atoms with E-state index in [9.17, 15) is 8.42 Å². The van der Waals surface area contributed by atoms with Gasteiger partial charge in [-0.3, -0.25) is 4.98 Å². The molecule has 0 radical (unpaired) electrons. The normalized spacial score (nSPS) is 34.8. The lowest BCUT2D eigenvalue weighted by Gasteiger charge is -2.57. The van der Waals surface area contributed by atoms with E-state index in [0.717, 1.165) is 30.0 Å². The van der Waals surface area contributed by atoms with E-state index >= 15 is 0 Å². The Kier molecular flexibility index (Phi) is 4.20. The van der Waals surface area contributed by atoms with Gasteiger partial charge in [0.05, 0.1) is 5.75 Å². The number of aromatic nitrogens is 1. The first-order chi connectivity index (χ1) is 11.4. The molecule has 4 bridgehead atoms. The monoisotopic (exact) mass is 348 g/mol. The molecule has 4 fully saturated rings. The van der Waals surface area contributed by atoms with Gasteiger partial charge in [0.15, 0.2) is 0 Å². The van der Waals surface area contributed by atoms with Crippen molar-refractivity contribution in [1.82, 2.24) is 9.29 Å². The Balaban J connectivity index is 1.41. The van der Waals surface area contributed by atoms with Crippen LogP contribution in [0.2, 0.25) is 0 Å². The molecule has 4 saturated carbocycles. The minimum absolute atomic E-state index is 0.160. The summed E-state index contributed by atoms with van der Waals surface area (Å²) in [5.41, 5.74) is 1.12. The molecule has 4 aliphatic rings. The summed E-state index contributed by atoms with van der Waals surface area (Å²) >= 11 is 0. The molecule has 0 amide bonds. The van der Waals surface area contributed by atoms with E-state index in [2.05, 4.69) is 4.98 Å². The quantitative estimate of drug-likeness (QED) is 0.794. The van der Waals surface area contributed by atoms with Crippen LogP contribution in [-0.4, -0.2) is 37.1 Å². The Hall–Kier alpha value is -0.940. The number of rotatable bonds is 6. The first-order valence-electron chi connectivity index (χ1n) is 9.28. The van der Waals surface area contributed by atoms with Crippen molar-refractivity contribution in [3.63, 3.8) is 0 Å². The predicted molar refractivity (Wildman–Crippen MR) is 95.0 cm³/mol. The lowest BCUT2D eigenvalue weighted by Crippen LogP contribution is -2.51. The summed E-state index contributed by atoms with van der Waals surface area (Å²) in [7, 11) is -1.42. The number of hydrogen-bond acceptors (Lipinski definition) is 3. The third-order valence-electron chi connectivity index (χ3n) is 6.54. The van der Waals surface area contributed by atoms with Crippen LogP contribution < -0.4 is 0 Å². The van der Waals surface area contributed by atoms with Crippen molar-refractivity contribution in [2.45, 2.75) is 44.9 Å². The van der Waals surface area contributed by atoms with Gasteiger partial charge in [-0.15, -0.1) is 0 Å². The highest BCUT2D eigenvalue weighted by atomic mass is 32.2. The summed E-state index contributed by atoms with van der Waals surface area (Å²) in [6.45, 7) is 0.723. The van der Waals surface area contributed by atoms with Crippen LogP contribution >= 0.6 is 0 Å². The molecule has 0 spiro atoms. The van der Waals surface area contributed by atoms with E-state index in [1.807, 2.05) is 18.2 Å². The summed E-state index contributed by atoms with van der Waals surface area (Å²) in [6.07, 6.45) is 10.2. The summed E-state index contributed by atoms with van der Waals surface area (Å²) in [4.78, 5) is 4.24. The standard InChI is InChI=1S/C19H28N2O2S/c1-21(24(22,23)7-5-18-4-2-3-6-20-18)14-19-11-15-8-16(12-19)10-17(9-15)13-19/h2-4,6,15-17H,5,7-14H2,1H3. The minimum atomic E-state index is -3.21. The molecule has 0 saturated heterocycles. The molecule has 1 aromatic rings. The third-order valence-corrected chi connectivity index (χ3v) is 8.34. The smallest absolute Gasteiger partial charge is 0.214 e. The molecule has 132 valence electrons. The second-order valence-electron chi connectivity index (χ2n) is 8.56. The highest BCUT2D eigenvalue weighted by Crippen LogP contribution is 2.60. The highest BCUT2D eigenvalue weighted by Gasteiger charge is 2.51. The van der Waals surface area contributed by atoms with E-state index in [0.29, 0.717) is 6.42 Å². The molecule has 4 aliphatic carbocycles. The van der Waals surface area contributed by atoms with E-state index in [-0.39, 0.29) is 11.2 Å². The Morgan fingerprint density at radius 3 is 2.29 bits per heavy atom. The van der Waals surface area contributed by atoms with Crippen LogP contribution in [0.4, 0.5) is 0 Å². The fraction of sp³-hybridized carbons (Fsp3) is 0.737. The molecule has 1 aromatic heterocycles. The van der Waals surface area contributed by atoms with Crippen LogP contribution in [0, 0.1) is 23.2 Å². The molecule has 0 aromatic carbocycles. The largest absolute Gasteiger partial charge is 0.261 e. The van der Waals surface area contributed by atoms with E-state index in [1.54, 1.807) is 17.5 Å². The first kappa shape index (κ1) is 16.5. The number of aryl methyl sites for hydroxylation is 1. The van der Waals surface area contributed by atoms with Crippen molar-refractivity contribution in [1.29, 1.82) is 0 Å². The van der Waals surface area contributed by atoms with Gasteiger partial charge in [0, 0.05) is 31.9 Å². The van der Waals surface area contributed by atoms with Gasteiger partial charge in [-0.2, -0.15) is 0 Å². The van der Waals surface area contributed by atoms with E-state index < -0.39 is 10.0 Å². The Bertz CT molecular complexity index is 651. The summed E-state index contributed by atoms with van der Waals surface area (Å²) < 4.78 is 27.1. The fourth-order valence-corrected chi connectivity index (χ4v) is 7.24. The molecule has 24 heavy (non-hydrogen) atoms. The second kappa shape index (κ2) is 6.10. The Labute approximate surface area is 145 Å². The van der Waals surface area contributed by atoms with Gasteiger partial charge in [0.25, 0.3) is 0 Å². The van der Waals surface area contributed by atoms with Crippen molar-refractivity contribution in [2.75, 3.05) is 19.3 Å². The van der Waals surface area contributed by atoms with Crippen LogP contribution in [0.15, 0.2) is 24.4 Å². The Morgan fingerprint density at radius 1 is 1.12 bits per heavy atom. The lowest BCUT2D eigenvalue weighted by molar-refractivity contribution is -0.0583. The number of pyridine rings is 1. The summed E-state index contributed by atoms with van der Waals surface area (Å²) in [5.74, 6) is 2.75. The summed E-state index contributed by atoms with van der Waals surface area (Å²) in [5, 5.41) is 0. The van der Waals surface area contributed by atoms with Gasteiger partial charge in [0.2, 0.25) is 10.0 Å². The molecule has 1 heterocycles. The van der Waals surface area contributed by atoms with E-state index in [1.165, 1.54) is 38.5 Å². The van der Waals surface area contributed by atoms with Gasteiger partial charge < -0.3 is 0 Å². The van der Waals surface area contributed by atoms with Crippen molar-refractivity contribution in [2.24, 2.45) is 23.2 Å². The SMILES string of the molecule is CN(CC12CC3CC(CC(C3)C1)C2)S(=O)(=O)CCc1ccccn1. The molecular weight excluding hydrogens is 320 g/mol. The number of sulfonamides is 1. The van der Waals surface area contributed by atoms with Gasteiger partial charge in [0.1, 0.15) is 0 Å². The first-order valence-corrected chi connectivity index (χ1v) is 10.9. The average Bonchev–Trinajstić information content (AvgIpc) is 2.52. The molecule has 0 atom stereocenters. The maximum Gasteiger partial charge on any atom is 0.214 e. The predicted octanol–water partition coefficient (Wildman–Crippen LogP) is 3.10. The lowest BCUT2D eigenvalue weighted by atomic mass is 9.49. The van der Waals surface area contributed by atoms with Crippen molar-refractivity contribution in [3.8, 4) is 0 Å². The van der Waals surface area contributed by atoms with Crippen LogP contribution in [0.5, 0.6) is 0 Å². The minimum Gasteiger partial charge on any atom is -0.261 e. The number of nitrogens with zero attached hydrogens (tertiary/aromatic N) is 2. The Morgan fingerprint density at radius 2 is 1.75 bits per heavy atom. The van der Waals surface area contributed by atoms with Crippen molar-refractivity contribution >= 4 is 10.0 Å². The van der Waals surface area contributed by atoms with Gasteiger partial charge >= 0.3 is 0 Å². The van der Waals surface area contributed by atoms with Crippen LogP contribution in [0.1, 0.15) is 44.2 Å². The average molecular weight is 349 g/mol. The molecule has 0 N–H and O–H groups in total. The maximum absolute atomic E-state index is 12.7. The fourth-order valence-electron chi connectivity index (χ4n) is 5.99. The van der Waals surface area contributed by atoms with E-state index in [4.69, 9.17) is 0 Å². The molecular formula is C19H28N2O2S. The molecule has 4 nitrogen and oxygen atoms in total. The topological polar surface area (TPSA) is 50.3 Å². The van der Waals surface area contributed by atoms with Crippen molar-refractivity contribution < 1.29 is 8.42 Å². The van der Waals surface area contributed by atoms with Crippen LogP contribution in [0.3, 0.4) is 0 Å². The summed E-state index contributed by atoms with van der Waals surface area (Å²) in [6, 6.07) is 5.67. The second-order valence-corrected chi connectivity index (χ2v) is 10.8. The van der Waals surface area contributed by atoms with Crippen LogP contribution in [0.25, 0.3) is 0 Å². The molecule has 0 aliphatic heterocycles. The zero-order valence-electron chi connectivity index (χ0n) is 14.5. The zero-order chi connectivity index (χ0) is 16.8. The highest BCUT2D eigenvalue weighted by molar-refractivity contribution is 7.89. The zero-order valence-corrected chi connectivity index (χ0v) is 15.3. The molecule has 5 rings (SSSR count). The van der Waals surface area contributed by atoms with Crippen LogP contribution in [-0.2, 0) is 16.4 Å². The van der Waals surface area contributed by atoms with Crippen molar-refractivity contribution in [3.05, 3.63) is 30.1 Å². The van der Waals surface area contributed by atoms with Gasteiger partial charge in [-0.25, -0.2) is 12.7 Å². The molecule has 5 heteroatoms. The third kappa shape index (κ3) is 3.25.